The van der Waals surface area contributed by atoms with Crippen LogP contribution < -0.4 is 14.8 Å². The third-order valence-electron chi connectivity index (χ3n) is 4.37. The molecule has 2 aromatic heterocycles. The maximum atomic E-state index is 11.8. The van der Waals surface area contributed by atoms with Gasteiger partial charge in [-0.3, -0.25) is 15.1 Å². The van der Waals surface area contributed by atoms with E-state index in [1.807, 2.05) is 31.2 Å². The molecule has 0 bridgehead atoms. The van der Waals surface area contributed by atoms with Gasteiger partial charge >= 0.3 is 11.6 Å². The van der Waals surface area contributed by atoms with E-state index >= 15 is 0 Å². The molecule has 0 saturated carbocycles. The largest absolute Gasteiger partial charge is 0.493 e. The van der Waals surface area contributed by atoms with E-state index in [1.54, 1.807) is 30.3 Å². The van der Waals surface area contributed by atoms with E-state index in [-0.39, 0.29) is 17.4 Å². The number of hydrogen-bond acceptors (Lipinski definition) is 8. The van der Waals surface area contributed by atoms with Gasteiger partial charge < -0.3 is 14.8 Å². The van der Waals surface area contributed by atoms with Gasteiger partial charge in [0.05, 0.1) is 17.5 Å². The first-order valence-electron chi connectivity index (χ1n) is 9.00. The Balaban J connectivity index is 1.77. The van der Waals surface area contributed by atoms with Crippen LogP contribution in [0.25, 0.3) is 10.9 Å². The second-order valence-electron chi connectivity index (χ2n) is 6.34. The number of aromatic nitrogens is 3. The van der Waals surface area contributed by atoms with Crippen molar-refractivity contribution in [3.63, 3.8) is 0 Å². The predicted molar refractivity (Wildman–Crippen MR) is 112 cm³/mol. The third-order valence-corrected chi connectivity index (χ3v) is 4.37. The number of para-hydroxylation sites is 2. The van der Waals surface area contributed by atoms with Crippen molar-refractivity contribution < 1.29 is 14.4 Å². The Hall–Kier alpha value is -4.27. The molecule has 0 radical (unpaired) electrons. The minimum atomic E-state index is -0.583. The number of nitrogens with one attached hydrogen (secondary N) is 1. The van der Waals surface area contributed by atoms with Crippen LogP contribution in [0, 0.1) is 17.0 Å². The topological polar surface area (TPSA) is 112 Å². The van der Waals surface area contributed by atoms with Crippen LogP contribution in [-0.4, -0.2) is 27.0 Å². The molecule has 0 aliphatic rings. The normalized spacial score (nSPS) is 10.6. The average molecular weight is 403 g/mol. The second kappa shape index (κ2) is 8.00. The van der Waals surface area contributed by atoms with E-state index in [0.717, 1.165) is 16.6 Å². The zero-order valence-corrected chi connectivity index (χ0v) is 16.2. The van der Waals surface area contributed by atoms with Crippen LogP contribution in [0.1, 0.15) is 5.69 Å². The highest BCUT2D eigenvalue weighted by Gasteiger charge is 2.26. The van der Waals surface area contributed by atoms with E-state index in [9.17, 15) is 10.1 Å². The minimum absolute atomic E-state index is 0.00738. The van der Waals surface area contributed by atoms with Crippen LogP contribution >= 0.6 is 0 Å². The molecule has 0 atom stereocenters. The monoisotopic (exact) mass is 403 g/mol. The Bertz CT molecular complexity index is 1250. The number of pyridine rings is 1. The number of methoxy groups -OCH3 is 1. The van der Waals surface area contributed by atoms with E-state index in [0.29, 0.717) is 17.2 Å². The van der Waals surface area contributed by atoms with E-state index < -0.39 is 4.92 Å². The highest BCUT2D eigenvalue weighted by Crippen LogP contribution is 2.38. The van der Waals surface area contributed by atoms with E-state index in [1.165, 1.54) is 13.4 Å². The lowest BCUT2D eigenvalue weighted by atomic mass is 10.1. The lowest BCUT2D eigenvalue weighted by molar-refractivity contribution is -0.385. The lowest BCUT2D eigenvalue weighted by Gasteiger charge is -2.12. The summed E-state index contributed by atoms with van der Waals surface area (Å²) in [5, 5.41) is 15.7. The fraction of sp³-hybridized carbons (Fsp3) is 0.0952. The number of ether oxygens (including phenoxy) is 2. The summed E-state index contributed by atoms with van der Waals surface area (Å²) in [6, 6.07) is 16.1. The number of aryl methyl sites for hydroxylation is 1. The molecular weight excluding hydrogens is 386 g/mol. The quantitative estimate of drug-likeness (QED) is 0.361. The highest BCUT2D eigenvalue weighted by atomic mass is 16.6. The molecule has 0 unspecified atom stereocenters. The van der Waals surface area contributed by atoms with Gasteiger partial charge in [0.25, 0.3) is 0 Å². The maximum absolute atomic E-state index is 11.8. The predicted octanol–water partition coefficient (Wildman–Crippen LogP) is 4.79. The van der Waals surface area contributed by atoms with Crippen molar-refractivity contribution in [3.8, 4) is 17.4 Å². The summed E-state index contributed by atoms with van der Waals surface area (Å²) in [6.45, 7) is 1.90. The number of hydrogen-bond donors (Lipinski definition) is 1. The summed E-state index contributed by atoms with van der Waals surface area (Å²) < 4.78 is 10.9. The zero-order chi connectivity index (χ0) is 21.1. The average Bonchev–Trinajstić information content (AvgIpc) is 2.74. The van der Waals surface area contributed by atoms with Crippen molar-refractivity contribution >= 4 is 28.1 Å². The smallest absolute Gasteiger partial charge is 0.373 e. The molecule has 0 aliphatic heterocycles. The number of rotatable bonds is 6. The summed E-state index contributed by atoms with van der Waals surface area (Å²) >= 11 is 0. The first-order chi connectivity index (χ1) is 14.6. The fourth-order valence-electron chi connectivity index (χ4n) is 2.99. The molecule has 0 fully saturated rings. The Morgan fingerprint density at radius 1 is 1.00 bits per heavy atom. The van der Waals surface area contributed by atoms with Gasteiger partial charge in [-0.2, -0.15) is 4.98 Å². The van der Waals surface area contributed by atoms with Crippen molar-refractivity contribution in [1.29, 1.82) is 0 Å². The molecule has 2 heterocycles. The summed E-state index contributed by atoms with van der Waals surface area (Å²) in [5.41, 5.74) is 1.88. The lowest BCUT2D eigenvalue weighted by Crippen LogP contribution is -2.04. The maximum Gasteiger partial charge on any atom is 0.373 e. The SMILES string of the molecule is COc1ccccc1Oc1ncnc(Nc2cccc3nc(C)ccc23)c1[N+](=O)[O-]. The number of fused-ring (bicyclic) bond motifs is 1. The molecule has 0 spiro atoms. The van der Waals surface area contributed by atoms with E-state index in [4.69, 9.17) is 9.47 Å². The minimum Gasteiger partial charge on any atom is -0.493 e. The van der Waals surface area contributed by atoms with Crippen molar-refractivity contribution in [2.75, 3.05) is 12.4 Å². The van der Waals surface area contributed by atoms with Gasteiger partial charge in [0.1, 0.15) is 6.33 Å². The molecule has 1 N–H and O–H groups in total. The first kappa shape index (κ1) is 19.1. The van der Waals surface area contributed by atoms with Crippen LogP contribution in [0.5, 0.6) is 17.4 Å². The molecule has 0 aliphatic carbocycles. The van der Waals surface area contributed by atoms with Crippen molar-refractivity contribution in [3.05, 3.63) is 76.7 Å². The van der Waals surface area contributed by atoms with Crippen LogP contribution in [0.15, 0.2) is 60.9 Å². The summed E-state index contributed by atoms with van der Waals surface area (Å²) in [5.74, 6) is 0.539. The van der Waals surface area contributed by atoms with Gasteiger partial charge in [-0.25, -0.2) is 4.98 Å². The molecule has 0 saturated heterocycles. The van der Waals surface area contributed by atoms with Gasteiger partial charge in [0.2, 0.25) is 5.82 Å². The van der Waals surface area contributed by atoms with Gasteiger partial charge in [-0.1, -0.05) is 18.2 Å². The first-order valence-corrected chi connectivity index (χ1v) is 9.00. The van der Waals surface area contributed by atoms with Crippen LogP contribution in [0.4, 0.5) is 17.2 Å². The number of nitro groups is 1. The van der Waals surface area contributed by atoms with Crippen LogP contribution in [-0.2, 0) is 0 Å². The molecule has 0 amide bonds. The molecular formula is C21H17N5O4. The summed E-state index contributed by atoms with van der Waals surface area (Å²) in [6.07, 6.45) is 1.20. The summed E-state index contributed by atoms with van der Waals surface area (Å²) in [7, 11) is 1.49. The molecule has 9 nitrogen and oxygen atoms in total. The van der Waals surface area contributed by atoms with Crippen molar-refractivity contribution in [2.24, 2.45) is 0 Å². The zero-order valence-electron chi connectivity index (χ0n) is 16.2. The summed E-state index contributed by atoms with van der Waals surface area (Å²) in [4.78, 5) is 23.8. The molecule has 30 heavy (non-hydrogen) atoms. The van der Waals surface area contributed by atoms with Gasteiger partial charge in [-0.15, -0.1) is 0 Å². The fourth-order valence-corrected chi connectivity index (χ4v) is 2.99. The molecule has 150 valence electrons. The molecule has 9 heteroatoms. The van der Waals surface area contributed by atoms with Crippen LogP contribution in [0.2, 0.25) is 0 Å². The van der Waals surface area contributed by atoms with Gasteiger partial charge in [0, 0.05) is 16.8 Å². The van der Waals surface area contributed by atoms with Crippen molar-refractivity contribution in [1.82, 2.24) is 15.0 Å². The third kappa shape index (κ3) is 3.68. The molecule has 2 aromatic carbocycles. The van der Waals surface area contributed by atoms with Gasteiger partial charge in [-0.05, 0) is 43.3 Å². The number of nitrogens with zero attached hydrogens (tertiary/aromatic N) is 4. The Labute approximate surface area is 171 Å². The molecule has 4 aromatic rings. The van der Waals surface area contributed by atoms with Gasteiger partial charge in [0.15, 0.2) is 11.5 Å². The number of benzene rings is 2. The second-order valence-corrected chi connectivity index (χ2v) is 6.34. The Kier molecular flexibility index (Phi) is 5.08. The molecule has 4 rings (SSSR count). The Morgan fingerprint density at radius 2 is 1.80 bits per heavy atom. The standard InChI is InChI=1S/C21H17N5O4/c1-13-10-11-14-15(24-13)6-5-7-16(14)25-20-19(26(27)28)21(23-12-22-20)30-18-9-4-3-8-17(18)29-2/h3-12H,1-2H3,(H,22,23,25). The van der Waals surface area contributed by atoms with E-state index in [2.05, 4.69) is 20.3 Å². The highest BCUT2D eigenvalue weighted by molar-refractivity contribution is 5.93. The van der Waals surface area contributed by atoms with Crippen LogP contribution in [0.3, 0.4) is 0 Å². The van der Waals surface area contributed by atoms with Crippen molar-refractivity contribution in [2.45, 2.75) is 6.92 Å². The Morgan fingerprint density at radius 3 is 2.57 bits per heavy atom. The number of anilines is 2.